The summed E-state index contributed by atoms with van der Waals surface area (Å²) in [4.78, 5) is 10.5. The Balaban J connectivity index is 2.71. The topological polar surface area (TPSA) is 38.7 Å². The summed E-state index contributed by atoms with van der Waals surface area (Å²) in [5.74, 6) is 0. The predicted octanol–water partition coefficient (Wildman–Crippen LogP) is 3.35. The summed E-state index contributed by atoms with van der Waals surface area (Å²) in [6, 6.07) is 1.97. The fourth-order valence-corrected chi connectivity index (χ4v) is 1.54. The first kappa shape index (κ1) is 11.3. The van der Waals surface area contributed by atoms with E-state index in [1.807, 2.05) is 0 Å². The number of alkyl halides is 3. The van der Waals surface area contributed by atoms with Crippen molar-refractivity contribution < 1.29 is 13.2 Å². The Morgan fingerprint density at radius 2 is 1.69 bits per heavy atom. The second-order valence-electron chi connectivity index (χ2n) is 2.85. The predicted molar refractivity (Wildman–Crippen MR) is 52.4 cm³/mol. The number of hydrogen-bond acceptors (Lipinski definition) is 3. The van der Waals surface area contributed by atoms with Crippen molar-refractivity contribution in [3.63, 3.8) is 0 Å². The Bertz CT molecular complexity index is 556. The molecular weight excluding hydrogens is 266 g/mol. The van der Waals surface area contributed by atoms with E-state index in [0.717, 1.165) is 12.1 Å². The van der Waals surface area contributed by atoms with Crippen LogP contribution in [-0.4, -0.2) is 15.0 Å². The maximum Gasteiger partial charge on any atom is 0.433 e. The molecule has 0 atom stereocenters. The van der Waals surface area contributed by atoms with Gasteiger partial charge in [0, 0.05) is 0 Å². The van der Waals surface area contributed by atoms with Gasteiger partial charge in [0.1, 0.15) is 10.8 Å². The normalized spacial score (nSPS) is 12.1. The molecule has 0 saturated heterocycles. The van der Waals surface area contributed by atoms with E-state index in [-0.39, 0.29) is 21.5 Å². The fraction of sp³-hybridized carbons (Fsp3) is 0.125. The van der Waals surface area contributed by atoms with Crippen molar-refractivity contribution in [1.82, 2.24) is 15.0 Å². The number of hydrogen-bond donors (Lipinski definition) is 0. The van der Waals surface area contributed by atoms with Gasteiger partial charge in [-0.05, 0) is 23.7 Å². The molecule has 0 aliphatic rings. The molecule has 84 valence electrons. The van der Waals surface area contributed by atoms with E-state index in [4.69, 9.17) is 23.2 Å². The number of aromatic nitrogens is 3. The largest absolute Gasteiger partial charge is 0.433 e. The molecule has 0 amide bonds. The summed E-state index contributed by atoms with van der Waals surface area (Å²) in [5, 5.41) is -0.0559. The highest BCUT2D eigenvalue weighted by atomic mass is 35.5. The summed E-state index contributed by atoms with van der Waals surface area (Å²) >= 11 is 11.1. The van der Waals surface area contributed by atoms with Gasteiger partial charge in [0.05, 0.1) is 5.39 Å². The van der Waals surface area contributed by atoms with Crippen molar-refractivity contribution in [3.05, 3.63) is 28.3 Å². The quantitative estimate of drug-likeness (QED) is 0.543. The van der Waals surface area contributed by atoms with E-state index >= 15 is 0 Å². The number of fused-ring (bicyclic) bond motifs is 1. The van der Waals surface area contributed by atoms with Gasteiger partial charge in [-0.25, -0.2) is 9.97 Å². The molecule has 2 rings (SSSR count). The molecule has 2 heterocycles. The molecule has 0 aliphatic heterocycles. The fourth-order valence-electron chi connectivity index (χ4n) is 1.11. The van der Waals surface area contributed by atoms with Crippen LogP contribution in [0.4, 0.5) is 13.2 Å². The molecule has 3 nitrogen and oxygen atoms in total. The van der Waals surface area contributed by atoms with E-state index in [2.05, 4.69) is 15.0 Å². The van der Waals surface area contributed by atoms with E-state index in [0.29, 0.717) is 0 Å². The summed E-state index contributed by atoms with van der Waals surface area (Å²) in [6.45, 7) is 0. The maximum atomic E-state index is 12.3. The van der Waals surface area contributed by atoms with Crippen LogP contribution in [0.5, 0.6) is 0 Å². The van der Waals surface area contributed by atoms with Crippen molar-refractivity contribution in [1.29, 1.82) is 0 Å². The van der Waals surface area contributed by atoms with Gasteiger partial charge in [0.25, 0.3) is 0 Å². The molecule has 0 aliphatic carbocycles. The Morgan fingerprint density at radius 3 is 2.31 bits per heavy atom. The van der Waals surface area contributed by atoms with Crippen molar-refractivity contribution >= 4 is 34.2 Å². The standard InChI is InChI=1S/C8H2Cl2F3N3/c9-5-3-1-2-4(8(11,12)13)14-6(3)16-7(10)15-5/h1-2H. The van der Waals surface area contributed by atoms with Gasteiger partial charge in [-0.2, -0.15) is 18.2 Å². The third-order valence-electron chi connectivity index (χ3n) is 1.78. The van der Waals surface area contributed by atoms with Gasteiger partial charge in [0.2, 0.25) is 5.28 Å². The lowest BCUT2D eigenvalue weighted by molar-refractivity contribution is -0.141. The van der Waals surface area contributed by atoms with E-state index in [1.54, 1.807) is 0 Å². The zero-order chi connectivity index (χ0) is 11.9. The van der Waals surface area contributed by atoms with Crippen LogP contribution in [0.2, 0.25) is 10.4 Å². The number of rotatable bonds is 0. The van der Waals surface area contributed by atoms with E-state index < -0.39 is 11.9 Å². The van der Waals surface area contributed by atoms with Crippen LogP contribution in [0, 0.1) is 0 Å². The molecule has 0 bridgehead atoms. The van der Waals surface area contributed by atoms with Gasteiger partial charge in [0.15, 0.2) is 5.65 Å². The molecule has 2 aromatic rings. The molecule has 0 saturated carbocycles. The lowest BCUT2D eigenvalue weighted by atomic mass is 10.3. The van der Waals surface area contributed by atoms with Gasteiger partial charge in [-0.1, -0.05) is 11.6 Å². The molecule has 0 spiro atoms. The van der Waals surface area contributed by atoms with Crippen LogP contribution in [-0.2, 0) is 6.18 Å². The van der Waals surface area contributed by atoms with Crippen LogP contribution in [0.1, 0.15) is 5.69 Å². The van der Waals surface area contributed by atoms with Crippen LogP contribution >= 0.6 is 23.2 Å². The highest BCUT2D eigenvalue weighted by Crippen LogP contribution is 2.30. The van der Waals surface area contributed by atoms with Crippen LogP contribution in [0.15, 0.2) is 12.1 Å². The van der Waals surface area contributed by atoms with Gasteiger partial charge in [-0.15, -0.1) is 0 Å². The second kappa shape index (κ2) is 3.71. The molecule has 0 radical (unpaired) electrons. The van der Waals surface area contributed by atoms with Gasteiger partial charge < -0.3 is 0 Å². The van der Waals surface area contributed by atoms with Crippen LogP contribution in [0.3, 0.4) is 0 Å². The lowest BCUT2D eigenvalue weighted by Crippen LogP contribution is -2.08. The Kier molecular flexibility index (Phi) is 2.63. The molecular formula is C8H2Cl2F3N3. The lowest BCUT2D eigenvalue weighted by Gasteiger charge is -2.06. The summed E-state index contributed by atoms with van der Waals surface area (Å²) in [7, 11) is 0. The minimum atomic E-state index is -4.53. The molecule has 16 heavy (non-hydrogen) atoms. The molecule has 2 aromatic heterocycles. The first-order valence-electron chi connectivity index (χ1n) is 3.95. The Labute approximate surface area is 97.2 Å². The third kappa shape index (κ3) is 2.03. The highest BCUT2D eigenvalue weighted by molar-refractivity contribution is 6.35. The zero-order valence-corrected chi connectivity index (χ0v) is 8.90. The first-order valence-corrected chi connectivity index (χ1v) is 4.70. The van der Waals surface area contributed by atoms with Gasteiger partial charge in [-0.3, -0.25) is 0 Å². The molecule has 0 fully saturated rings. The monoisotopic (exact) mass is 267 g/mol. The van der Waals surface area contributed by atoms with Gasteiger partial charge >= 0.3 is 6.18 Å². The summed E-state index contributed by atoms with van der Waals surface area (Å²) < 4.78 is 37.0. The average molecular weight is 268 g/mol. The number of nitrogens with zero attached hydrogens (tertiary/aromatic N) is 3. The number of pyridine rings is 1. The molecule has 8 heteroatoms. The van der Waals surface area contributed by atoms with Crippen molar-refractivity contribution in [3.8, 4) is 0 Å². The molecule has 0 N–H and O–H groups in total. The SMILES string of the molecule is FC(F)(F)c1ccc2c(Cl)nc(Cl)nc2n1. The minimum Gasteiger partial charge on any atom is -0.223 e. The summed E-state index contributed by atoms with van der Waals surface area (Å²) in [5.41, 5.74) is -1.23. The highest BCUT2D eigenvalue weighted by Gasteiger charge is 2.32. The minimum absolute atomic E-state index is 0.0313. The Morgan fingerprint density at radius 1 is 1.00 bits per heavy atom. The average Bonchev–Trinajstić information content (AvgIpc) is 2.15. The first-order chi connectivity index (χ1) is 7.38. The Hall–Kier alpha value is -1.14. The van der Waals surface area contributed by atoms with E-state index in [9.17, 15) is 13.2 Å². The van der Waals surface area contributed by atoms with Crippen molar-refractivity contribution in [2.24, 2.45) is 0 Å². The van der Waals surface area contributed by atoms with Crippen molar-refractivity contribution in [2.45, 2.75) is 6.18 Å². The summed E-state index contributed by atoms with van der Waals surface area (Å²) in [6.07, 6.45) is -4.53. The zero-order valence-electron chi connectivity index (χ0n) is 7.39. The molecule has 0 unspecified atom stereocenters. The maximum absolute atomic E-state index is 12.3. The second-order valence-corrected chi connectivity index (χ2v) is 3.54. The smallest absolute Gasteiger partial charge is 0.223 e. The van der Waals surface area contributed by atoms with E-state index in [1.165, 1.54) is 0 Å². The third-order valence-corrected chi connectivity index (χ3v) is 2.23. The van der Waals surface area contributed by atoms with Crippen LogP contribution in [0.25, 0.3) is 11.0 Å². The van der Waals surface area contributed by atoms with Crippen molar-refractivity contribution in [2.75, 3.05) is 0 Å². The molecule has 0 aromatic carbocycles. The number of halogens is 5. The van der Waals surface area contributed by atoms with Crippen LogP contribution < -0.4 is 0 Å².